The summed E-state index contributed by atoms with van der Waals surface area (Å²) in [6.07, 6.45) is 1.01. The number of hydrogen-bond donors (Lipinski definition) is 0. The van der Waals surface area contributed by atoms with E-state index < -0.39 is 6.43 Å². The standard InChI is InChI=1S/C18H22F2N6/c1-11-12(2)21-10-22-18(11)26-7-5-25(6-8-26)15-9-14(16(19)20)23-17(24-15)13-3-4-13/h9-10,13,16H,3-8H2,1-2H3. The van der Waals surface area contributed by atoms with E-state index in [2.05, 4.69) is 29.7 Å². The van der Waals surface area contributed by atoms with Crippen molar-refractivity contribution < 1.29 is 8.78 Å². The lowest BCUT2D eigenvalue weighted by Gasteiger charge is -2.36. The van der Waals surface area contributed by atoms with E-state index in [1.54, 1.807) is 6.33 Å². The minimum absolute atomic E-state index is 0.165. The van der Waals surface area contributed by atoms with E-state index in [-0.39, 0.29) is 11.6 Å². The Bertz CT molecular complexity index is 780. The van der Waals surface area contributed by atoms with Gasteiger partial charge in [0.25, 0.3) is 6.43 Å². The number of nitrogens with zero attached hydrogens (tertiary/aromatic N) is 6. The molecule has 0 unspecified atom stereocenters. The SMILES string of the molecule is Cc1ncnc(N2CCN(c3cc(C(F)F)nc(C4CC4)n3)CC2)c1C. The first kappa shape index (κ1) is 17.1. The van der Waals surface area contributed by atoms with Crippen LogP contribution in [0.4, 0.5) is 20.4 Å². The molecule has 0 amide bonds. The van der Waals surface area contributed by atoms with E-state index in [1.165, 1.54) is 6.07 Å². The average Bonchev–Trinajstić information content (AvgIpc) is 3.49. The molecular formula is C18H22F2N6. The normalized spacial score (nSPS) is 17.9. The molecular weight excluding hydrogens is 338 g/mol. The minimum Gasteiger partial charge on any atom is -0.353 e. The van der Waals surface area contributed by atoms with Gasteiger partial charge in [0.1, 0.15) is 29.5 Å². The van der Waals surface area contributed by atoms with Crippen LogP contribution in [-0.2, 0) is 0 Å². The monoisotopic (exact) mass is 360 g/mol. The van der Waals surface area contributed by atoms with Gasteiger partial charge in [-0.15, -0.1) is 0 Å². The van der Waals surface area contributed by atoms with Gasteiger partial charge in [0.2, 0.25) is 0 Å². The van der Waals surface area contributed by atoms with Gasteiger partial charge in [-0.2, -0.15) is 0 Å². The fraction of sp³-hybridized carbons (Fsp3) is 0.556. The van der Waals surface area contributed by atoms with Crippen molar-refractivity contribution in [3.63, 3.8) is 0 Å². The molecule has 2 aromatic heterocycles. The lowest BCUT2D eigenvalue weighted by Crippen LogP contribution is -2.47. The van der Waals surface area contributed by atoms with Crippen LogP contribution in [0, 0.1) is 13.8 Å². The van der Waals surface area contributed by atoms with Crippen molar-refractivity contribution in [1.82, 2.24) is 19.9 Å². The summed E-state index contributed by atoms with van der Waals surface area (Å²) in [7, 11) is 0. The van der Waals surface area contributed by atoms with E-state index >= 15 is 0 Å². The Labute approximate surface area is 151 Å². The molecule has 6 nitrogen and oxygen atoms in total. The Morgan fingerprint density at radius 3 is 2.35 bits per heavy atom. The predicted octanol–water partition coefficient (Wildman–Crippen LogP) is 3.03. The molecule has 0 spiro atoms. The molecule has 2 aromatic rings. The molecule has 0 aromatic carbocycles. The lowest BCUT2D eigenvalue weighted by atomic mass is 10.2. The number of rotatable bonds is 4. The van der Waals surface area contributed by atoms with E-state index in [0.29, 0.717) is 24.7 Å². The molecule has 26 heavy (non-hydrogen) atoms. The molecule has 1 saturated heterocycles. The summed E-state index contributed by atoms with van der Waals surface area (Å²) in [6.45, 7) is 6.97. The number of hydrogen-bond acceptors (Lipinski definition) is 6. The van der Waals surface area contributed by atoms with Crippen molar-refractivity contribution in [2.24, 2.45) is 0 Å². The summed E-state index contributed by atoms with van der Waals surface area (Å²) in [5.41, 5.74) is 1.89. The quantitative estimate of drug-likeness (QED) is 0.835. The number of aromatic nitrogens is 4. The number of alkyl halides is 2. The summed E-state index contributed by atoms with van der Waals surface area (Å²) in [4.78, 5) is 21.5. The van der Waals surface area contributed by atoms with E-state index in [0.717, 1.165) is 43.0 Å². The Kier molecular flexibility index (Phi) is 4.42. The third-order valence-corrected chi connectivity index (χ3v) is 5.13. The smallest absolute Gasteiger partial charge is 0.280 e. The van der Waals surface area contributed by atoms with Crippen molar-refractivity contribution >= 4 is 11.6 Å². The molecule has 1 saturated carbocycles. The fourth-order valence-corrected chi connectivity index (χ4v) is 3.26. The second-order valence-electron chi connectivity index (χ2n) is 6.97. The number of anilines is 2. The molecule has 4 rings (SSSR count). The Morgan fingerprint density at radius 1 is 1.00 bits per heavy atom. The molecule has 0 N–H and O–H groups in total. The van der Waals surface area contributed by atoms with E-state index in [9.17, 15) is 8.78 Å². The number of piperazine rings is 1. The van der Waals surface area contributed by atoms with E-state index in [1.807, 2.05) is 13.8 Å². The van der Waals surface area contributed by atoms with Crippen molar-refractivity contribution in [1.29, 1.82) is 0 Å². The van der Waals surface area contributed by atoms with Crippen LogP contribution < -0.4 is 9.80 Å². The van der Waals surface area contributed by atoms with Crippen molar-refractivity contribution in [3.05, 3.63) is 35.2 Å². The Morgan fingerprint density at radius 2 is 1.69 bits per heavy atom. The van der Waals surface area contributed by atoms with Gasteiger partial charge in [0, 0.05) is 49.4 Å². The molecule has 1 aliphatic heterocycles. The van der Waals surface area contributed by atoms with Gasteiger partial charge in [-0.25, -0.2) is 28.7 Å². The Balaban J connectivity index is 1.52. The number of halogens is 2. The van der Waals surface area contributed by atoms with Crippen LogP contribution in [0.5, 0.6) is 0 Å². The average molecular weight is 360 g/mol. The van der Waals surface area contributed by atoms with Crippen molar-refractivity contribution in [2.45, 2.75) is 39.0 Å². The summed E-state index contributed by atoms with van der Waals surface area (Å²) in [5.74, 6) is 2.39. The molecule has 3 heterocycles. The maximum Gasteiger partial charge on any atom is 0.280 e. The Hall–Kier alpha value is -2.38. The number of aryl methyl sites for hydroxylation is 1. The van der Waals surface area contributed by atoms with Crippen LogP contribution in [0.15, 0.2) is 12.4 Å². The molecule has 0 atom stereocenters. The first-order valence-electron chi connectivity index (χ1n) is 8.98. The largest absolute Gasteiger partial charge is 0.353 e. The van der Waals surface area contributed by atoms with Crippen LogP contribution in [0.2, 0.25) is 0 Å². The molecule has 0 bridgehead atoms. The molecule has 138 valence electrons. The second kappa shape index (κ2) is 6.74. The third kappa shape index (κ3) is 3.32. The van der Waals surface area contributed by atoms with Crippen LogP contribution in [0.3, 0.4) is 0 Å². The highest BCUT2D eigenvalue weighted by Gasteiger charge is 2.30. The van der Waals surface area contributed by atoms with Crippen LogP contribution >= 0.6 is 0 Å². The summed E-state index contributed by atoms with van der Waals surface area (Å²) in [6, 6.07) is 1.44. The maximum atomic E-state index is 13.2. The zero-order valence-electron chi connectivity index (χ0n) is 15.0. The van der Waals surface area contributed by atoms with Gasteiger partial charge in [0.05, 0.1) is 0 Å². The first-order chi connectivity index (χ1) is 12.5. The zero-order chi connectivity index (χ0) is 18.3. The van der Waals surface area contributed by atoms with Gasteiger partial charge >= 0.3 is 0 Å². The van der Waals surface area contributed by atoms with Gasteiger partial charge in [0.15, 0.2) is 0 Å². The second-order valence-corrected chi connectivity index (χ2v) is 6.97. The molecule has 1 aliphatic carbocycles. The zero-order valence-corrected chi connectivity index (χ0v) is 15.0. The molecule has 2 aliphatic rings. The maximum absolute atomic E-state index is 13.2. The van der Waals surface area contributed by atoms with Crippen LogP contribution in [0.1, 0.15) is 48.0 Å². The topological polar surface area (TPSA) is 58.0 Å². The van der Waals surface area contributed by atoms with Gasteiger partial charge in [-0.3, -0.25) is 0 Å². The van der Waals surface area contributed by atoms with Crippen molar-refractivity contribution in [3.8, 4) is 0 Å². The van der Waals surface area contributed by atoms with Gasteiger partial charge in [-0.05, 0) is 26.7 Å². The molecule has 8 heteroatoms. The van der Waals surface area contributed by atoms with Crippen LogP contribution in [0.25, 0.3) is 0 Å². The highest BCUT2D eigenvalue weighted by atomic mass is 19.3. The molecule has 0 radical (unpaired) electrons. The van der Waals surface area contributed by atoms with Gasteiger partial charge < -0.3 is 9.80 Å². The minimum atomic E-state index is -2.57. The first-order valence-corrected chi connectivity index (χ1v) is 8.98. The highest BCUT2D eigenvalue weighted by molar-refractivity contribution is 5.50. The van der Waals surface area contributed by atoms with Crippen LogP contribution in [-0.4, -0.2) is 46.1 Å². The highest BCUT2D eigenvalue weighted by Crippen LogP contribution is 2.39. The lowest BCUT2D eigenvalue weighted by molar-refractivity contribution is 0.145. The van der Waals surface area contributed by atoms with E-state index in [4.69, 9.17) is 0 Å². The summed E-state index contributed by atoms with van der Waals surface area (Å²) < 4.78 is 26.4. The third-order valence-electron chi connectivity index (χ3n) is 5.13. The molecule has 2 fully saturated rings. The van der Waals surface area contributed by atoms with Gasteiger partial charge in [-0.1, -0.05) is 0 Å². The predicted molar refractivity (Wildman–Crippen MR) is 94.9 cm³/mol. The fourth-order valence-electron chi connectivity index (χ4n) is 3.26. The van der Waals surface area contributed by atoms with Crippen molar-refractivity contribution in [2.75, 3.05) is 36.0 Å². The summed E-state index contributed by atoms with van der Waals surface area (Å²) >= 11 is 0. The summed E-state index contributed by atoms with van der Waals surface area (Å²) in [5, 5.41) is 0.